The van der Waals surface area contributed by atoms with Crippen LogP contribution in [0.2, 0.25) is 10.0 Å². The minimum absolute atomic E-state index is 0. The van der Waals surface area contributed by atoms with E-state index < -0.39 is 5.54 Å². The normalized spacial score (nSPS) is 18.6. The molecule has 1 saturated heterocycles. The quantitative estimate of drug-likeness (QED) is 0.258. The second kappa shape index (κ2) is 11.1. The second-order valence-electron chi connectivity index (χ2n) is 9.50. The third-order valence-electron chi connectivity index (χ3n) is 5.71. The van der Waals surface area contributed by atoms with Crippen molar-refractivity contribution in [3.63, 3.8) is 0 Å². The van der Waals surface area contributed by atoms with E-state index in [-0.39, 0.29) is 28.9 Å². The number of anilines is 1. The molecule has 1 aliphatic heterocycles. The van der Waals surface area contributed by atoms with E-state index >= 15 is 0 Å². The van der Waals surface area contributed by atoms with E-state index in [0.29, 0.717) is 28.7 Å². The van der Waals surface area contributed by atoms with E-state index in [1.165, 1.54) is 4.90 Å². The van der Waals surface area contributed by atoms with Gasteiger partial charge in [-0.25, -0.2) is 9.69 Å². The lowest BCUT2D eigenvalue weighted by atomic mass is 9.91. The molecule has 0 unspecified atom stereocenters. The maximum atomic E-state index is 13.7. The Bertz CT molecular complexity index is 992. The lowest BCUT2D eigenvalue weighted by Gasteiger charge is -2.32. The smallest absolute Gasteiger partial charge is 0.332 e. The largest absolute Gasteiger partial charge is 1.00 e. The SMILES string of the molecule is C[C@@]1(Cc2ccc(Br)cc2)C(=O)N(c2cc(Cl)cc(Cl)c2)C(=O)N1CCCC[N+](C)(C)C.[Br-]. The van der Waals surface area contributed by atoms with Crippen LogP contribution in [0.3, 0.4) is 0 Å². The summed E-state index contributed by atoms with van der Waals surface area (Å²) >= 11 is 15.8. The molecule has 1 aliphatic rings. The number of urea groups is 1. The summed E-state index contributed by atoms with van der Waals surface area (Å²) in [4.78, 5) is 30.2. The number of quaternary nitrogens is 1. The Balaban J connectivity index is 0.00000385. The zero-order valence-electron chi connectivity index (χ0n) is 19.2. The first-order valence-electron chi connectivity index (χ1n) is 10.6. The van der Waals surface area contributed by atoms with Crippen LogP contribution >= 0.6 is 39.1 Å². The molecule has 3 rings (SSSR count). The molecule has 0 saturated carbocycles. The maximum absolute atomic E-state index is 13.7. The molecule has 180 valence electrons. The number of hydrogen-bond acceptors (Lipinski definition) is 2. The van der Waals surface area contributed by atoms with Gasteiger partial charge in [0, 0.05) is 27.5 Å². The summed E-state index contributed by atoms with van der Waals surface area (Å²) < 4.78 is 1.82. The van der Waals surface area contributed by atoms with Gasteiger partial charge in [0.15, 0.2) is 0 Å². The molecule has 2 aromatic carbocycles. The van der Waals surface area contributed by atoms with Gasteiger partial charge in [-0.2, -0.15) is 0 Å². The van der Waals surface area contributed by atoms with Crippen LogP contribution < -0.4 is 21.9 Å². The molecule has 5 nitrogen and oxygen atoms in total. The van der Waals surface area contributed by atoms with Gasteiger partial charge in [-0.15, -0.1) is 0 Å². The Labute approximate surface area is 225 Å². The van der Waals surface area contributed by atoms with Gasteiger partial charge in [-0.3, -0.25) is 4.79 Å². The predicted molar refractivity (Wildman–Crippen MR) is 134 cm³/mol. The monoisotopic (exact) mass is 619 g/mol. The highest BCUT2D eigenvalue weighted by molar-refractivity contribution is 9.10. The van der Waals surface area contributed by atoms with Gasteiger partial charge in [0.25, 0.3) is 5.91 Å². The summed E-state index contributed by atoms with van der Waals surface area (Å²) in [7, 11) is 6.44. The van der Waals surface area contributed by atoms with Gasteiger partial charge in [0.2, 0.25) is 0 Å². The molecule has 2 aromatic rings. The summed E-state index contributed by atoms with van der Waals surface area (Å²) in [5.74, 6) is -0.268. The molecule has 1 fully saturated rings. The Morgan fingerprint density at radius 1 is 0.970 bits per heavy atom. The van der Waals surface area contributed by atoms with Gasteiger partial charge in [0.1, 0.15) is 5.54 Å². The summed E-state index contributed by atoms with van der Waals surface area (Å²) in [5, 5.41) is 0.758. The van der Waals surface area contributed by atoms with Crippen LogP contribution in [0.5, 0.6) is 0 Å². The molecule has 1 atom stereocenters. The predicted octanol–water partition coefficient (Wildman–Crippen LogP) is 3.02. The first-order chi connectivity index (χ1) is 14.9. The number of nitrogens with zero attached hydrogens (tertiary/aromatic N) is 3. The maximum Gasteiger partial charge on any atom is 0.332 e. The average molecular weight is 622 g/mol. The molecule has 0 spiro atoms. The molecule has 3 amide bonds. The van der Waals surface area contributed by atoms with Crippen molar-refractivity contribution < 1.29 is 31.1 Å². The number of benzene rings is 2. The van der Waals surface area contributed by atoms with E-state index in [4.69, 9.17) is 23.2 Å². The van der Waals surface area contributed by atoms with Crippen molar-refractivity contribution in [1.29, 1.82) is 0 Å². The van der Waals surface area contributed by atoms with Gasteiger partial charge in [-0.1, -0.05) is 51.3 Å². The number of imide groups is 1. The van der Waals surface area contributed by atoms with E-state index in [0.717, 1.165) is 33.9 Å². The first-order valence-corrected chi connectivity index (χ1v) is 12.1. The number of halogens is 4. The number of unbranched alkanes of at least 4 members (excludes halogenated alkanes) is 1. The van der Waals surface area contributed by atoms with E-state index in [1.807, 2.05) is 31.2 Å². The summed E-state index contributed by atoms with van der Waals surface area (Å²) in [6, 6.07) is 12.3. The average Bonchev–Trinajstić information content (AvgIpc) is 2.85. The number of carbonyl (C=O) groups excluding carboxylic acids is 2. The van der Waals surface area contributed by atoms with Crippen molar-refractivity contribution in [2.24, 2.45) is 0 Å². The Morgan fingerprint density at radius 3 is 2.09 bits per heavy atom. The number of carbonyl (C=O) groups is 2. The van der Waals surface area contributed by atoms with E-state index in [1.54, 1.807) is 23.1 Å². The fourth-order valence-electron chi connectivity index (χ4n) is 4.04. The van der Waals surface area contributed by atoms with Crippen molar-refractivity contribution in [2.45, 2.75) is 31.7 Å². The van der Waals surface area contributed by atoms with Gasteiger partial charge >= 0.3 is 6.03 Å². The zero-order valence-corrected chi connectivity index (χ0v) is 23.9. The lowest BCUT2D eigenvalue weighted by molar-refractivity contribution is -0.870. The van der Waals surface area contributed by atoms with Crippen LogP contribution in [-0.2, 0) is 11.2 Å². The van der Waals surface area contributed by atoms with Crippen LogP contribution in [-0.4, -0.2) is 61.1 Å². The van der Waals surface area contributed by atoms with Crippen LogP contribution in [0.15, 0.2) is 46.9 Å². The van der Waals surface area contributed by atoms with Crippen molar-refractivity contribution in [2.75, 3.05) is 39.1 Å². The fourth-order valence-corrected chi connectivity index (χ4v) is 4.82. The molecule has 9 heteroatoms. The van der Waals surface area contributed by atoms with Crippen LogP contribution in [0.1, 0.15) is 25.3 Å². The Hall–Kier alpha value is -1.12. The topological polar surface area (TPSA) is 40.6 Å². The molecular weight excluding hydrogens is 593 g/mol. The number of amides is 3. The standard InChI is InChI=1S/C24H29BrCl2N3O2.BrH/c1-24(16-17-7-9-18(25)10-8-17)22(31)29(21-14-19(26)13-20(27)15-21)23(32)28(24)11-5-6-12-30(2,3)4;/h7-10,13-15H,5-6,11-12,16H2,1-4H3;1H/q+1;/p-1/t24-;/m1./s1. The lowest BCUT2D eigenvalue weighted by Crippen LogP contribution is -3.00. The Morgan fingerprint density at radius 2 is 1.55 bits per heavy atom. The minimum Gasteiger partial charge on any atom is -1.00 e. The number of hydrogen-bond donors (Lipinski definition) is 0. The fraction of sp³-hybridized carbons (Fsp3) is 0.417. The third kappa shape index (κ3) is 6.73. The van der Waals surface area contributed by atoms with Crippen LogP contribution in [0, 0.1) is 0 Å². The Kier molecular flexibility index (Phi) is 9.44. The molecule has 0 aromatic heterocycles. The molecule has 33 heavy (non-hydrogen) atoms. The van der Waals surface area contributed by atoms with Crippen molar-refractivity contribution in [1.82, 2.24) is 4.90 Å². The van der Waals surface area contributed by atoms with E-state index in [9.17, 15) is 9.59 Å². The number of rotatable bonds is 8. The van der Waals surface area contributed by atoms with Gasteiger partial charge in [-0.05, 0) is 55.7 Å². The molecule has 0 radical (unpaired) electrons. The highest BCUT2D eigenvalue weighted by Gasteiger charge is 2.54. The first kappa shape index (κ1) is 28.1. The highest BCUT2D eigenvalue weighted by atomic mass is 79.9. The molecule has 0 aliphatic carbocycles. The van der Waals surface area contributed by atoms with Crippen molar-refractivity contribution in [3.8, 4) is 0 Å². The summed E-state index contributed by atoms with van der Waals surface area (Å²) in [6.07, 6.45) is 2.19. The highest BCUT2D eigenvalue weighted by Crippen LogP contribution is 2.37. The molecule has 0 bridgehead atoms. The van der Waals surface area contributed by atoms with E-state index in [2.05, 4.69) is 37.1 Å². The molecular formula is C24H29Br2Cl2N3O2. The summed E-state index contributed by atoms with van der Waals surface area (Å²) in [6.45, 7) is 3.34. The van der Waals surface area contributed by atoms with Crippen LogP contribution in [0.25, 0.3) is 0 Å². The third-order valence-corrected chi connectivity index (χ3v) is 6.67. The second-order valence-corrected chi connectivity index (χ2v) is 11.3. The zero-order chi connectivity index (χ0) is 23.7. The molecule has 1 heterocycles. The van der Waals surface area contributed by atoms with Gasteiger partial charge < -0.3 is 26.4 Å². The van der Waals surface area contributed by atoms with Crippen molar-refractivity contribution in [3.05, 3.63) is 62.5 Å². The van der Waals surface area contributed by atoms with Crippen molar-refractivity contribution >= 4 is 56.8 Å². The minimum atomic E-state index is -1.00. The van der Waals surface area contributed by atoms with Crippen LogP contribution in [0.4, 0.5) is 10.5 Å². The molecule has 0 N–H and O–H groups in total. The summed E-state index contributed by atoms with van der Waals surface area (Å²) in [5.41, 5.74) is 0.378. The van der Waals surface area contributed by atoms with Gasteiger partial charge in [0.05, 0.1) is 33.4 Å².